The van der Waals surface area contributed by atoms with Crippen LogP contribution in [-0.2, 0) is 9.53 Å². The molecule has 2 N–H and O–H groups in total. The highest BCUT2D eigenvalue weighted by atomic mass is 35.5. The molecule has 7 nitrogen and oxygen atoms in total. The summed E-state index contributed by atoms with van der Waals surface area (Å²) in [6.07, 6.45) is 2.75. The van der Waals surface area contributed by atoms with E-state index in [0.717, 1.165) is 32.8 Å². The quantitative estimate of drug-likeness (QED) is 0.388. The van der Waals surface area contributed by atoms with E-state index in [2.05, 4.69) is 4.90 Å². The maximum atomic E-state index is 11.3. The van der Waals surface area contributed by atoms with Gasteiger partial charge in [0.2, 0.25) is 0 Å². The van der Waals surface area contributed by atoms with Crippen LogP contribution < -0.4 is 15.0 Å². The van der Waals surface area contributed by atoms with Gasteiger partial charge in [-0.05, 0) is 36.4 Å². The first kappa shape index (κ1) is 21.1. The Labute approximate surface area is 174 Å². The highest BCUT2D eigenvalue weighted by Gasteiger charge is 2.11. The third kappa shape index (κ3) is 6.76. The topological polar surface area (TPSA) is 80.3 Å². The van der Waals surface area contributed by atoms with Crippen LogP contribution in [0.2, 0.25) is 5.02 Å². The maximum absolute atomic E-state index is 11.3. The number of hydrogen-bond acceptors (Lipinski definition) is 6. The molecule has 3 rings (SSSR count). The van der Waals surface area contributed by atoms with Gasteiger partial charge in [-0.3, -0.25) is 14.9 Å². The molecule has 1 aliphatic rings. The van der Waals surface area contributed by atoms with E-state index in [4.69, 9.17) is 31.0 Å². The lowest BCUT2D eigenvalue weighted by Crippen LogP contribution is -2.38. The van der Waals surface area contributed by atoms with Crippen LogP contribution in [0.15, 0.2) is 48.5 Å². The van der Waals surface area contributed by atoms with E-state index in [9.17, 15) is 4.79 Å². The zero-order valence-electron chi connectivity index (χ0n) is 15.8. The molecule has 1 fully saturated rings. The number of morpholine rings is 1. The van der Waals surface area contributed by atoms with Crippen molar-refractivity contribution < 1.29 is 24.2 Å². The molecule has 0 spiro atoms. The number of amides is 1. The minimum atomic E-state index is -0.635. The summed E-state index contributed by atoms with van der Waals surface area (Å²) in [5.41, 5.74) is 2.21. The van der Waals surface area contributed by atoms with Crippen molar-refractivity contribution in [2.75, 3.05) is 39.5 Å². The number of hydroxylamine groups is 1. The molecule has 0 aliphatic carbocycles. The van der Waals surface area contributed by atoms with E-state index >= 15 is 0 Å². The second-order valence-corrected chi connectivity index (χ2v) is 6.81. The van der Waals surface area contributed by atoms with Gasteiger partial charge in [-0.15, -0.1) is 0 Å². The third-order valence-electron chi connectivity index (χ3n) is 4.31. The summed E-state index contributed by atoms with van der Waals surface area (Å²) in [5, 5.41) is 9.22. The molecule has 2 aromatic carbocycles. The van der Waals surface area contributed by atoms with Gasteiger partial charge in [0, 0.05) is 42.4 Å². The predicted molar refractivity (Wildman–Crippen MR) is 110 cm³/mol. The Kier molecular flexibility index (Phi) is 7.89. The first-order valence-electron chi connectivity index (χ1n) is 9.26. The molecule has 0 aromatic heterocycles. The molecule has 154 valence electrons. The predicted octanol–water partition coefficient (Wildman–Crippen LogP) is 3.36. The molecule has 0 unspecified atom stereocenters. The van der Waals surface area contributed by atoms with Crippen molar-refractivity contribution in [3.63, 3.8) is 0 Å². The molecule has 2 aromatic rings. The maximum Gasteiger partial charge on any atom is 0.267 e. The molecular weight excluding hydrogens is 396 g/mol. The fourth-order valence-electron chi connectivity index (χ4n) is 2.81. The molecule has 0 atom stereocenters. The molecule has 0 bridgehead atoms. The van der Waals surface area contributed by atoms with Gasteiger partial charge in [0.15, 0.2) is 0 Å². The normalized spacial score (nSPS) is 14.7. The first-order chi connectivity index (χ1) is 14.1. The van der Waals surface area contributed by atoms with Crippen LogP contribution in [0.25, 0.3) is 6.08 Å². The summed E-state index contributed by atoms with van der Waals surface area (Å²) in [6.45, 7) is 4.66. The smallest absolute Gasteiger partial charge is 0.267 e. The van der Waals surface area contributed by atoms with E-state index in [0.29, 0.717) is 34.4 Å². The van der Waals surface area contributed by atoms with E-state index in [1.54, 1.807) is 54.0 Å². The van der Waals surface area contributed by atoms with Crippen molar-refractivity contribution in [1.29, 1.82) is 0 Å². The van der Waals surface area contributed by atoms with Crippen molar-refractivity contribution in [3.05, 3.63) is 59.1 Å². The van der Waals surface area contributed by atoms with E-state index in [-0.39, 0.29) is 0 Å². The SMILES string of the molecule is O=C(C=Cc1ccc(OCCN2CCOCC2)cc1Oc1cccc(Cl)c1)NO. The average molecular weight is 419 g/mol. The molecule has 1 aliphatic heterocycles. The van der Waals surface area contributed by atoms with Gasteiger partial charge in [0.25, 0.3) is 5.91 Å². The Hall–Kier alpha value is -2.58. The van der Waals surface area contributed by atoms with Gasteiger partial charge in [-0.25, -0.2) is 5.48 Å². The summed E-state index contributed by atoms with van der Waals surface area (Å²) < 4.78 is 17.2. The number of benzene rings is 2. The number of nitrogens with one attached hydrogen (secondary N) is 1. The van der Waals surface area contributed by atoms with Gasteiger partial charge >= 0.3 is 0 Å². The fraction of sp³-hybridized carbons (Fsp3) is 0.286. The van der Waals surface area contributed by atoms with Crippen LogP contribution in [0.1, 0.15) is 5.56 Å². The zero-order chi connectivity index (χ0) is 20.5. The second kappa shape index (κ2) is 10.8. The number of rotatable bonds is 8. The van der Waals surface area contributed by atoms with Crippen LogP contribution in [0, 0.1) is 0 Å². The summed E-state index contributed by atoms with van der Waals surface area (Å²) in [7, 11) is 0. The standard InChI is InChI=1S/C21H23ClN2O5/c22-17-2-1-3-19(14-17)29-20-15-18(6-4-16(20)5-7-21(25)23-26)28-13-10-24-8-11-27-12-9-24/h1-7,14-15,26H,8-13H2,(H,23,25). The molecule has 29 heavy (non-hydrogen) atoms. The van der Waals surface area contributed by atoms with Crippen molar-refractivity contribution in [2.45, 2.75) is 0 Å². The summed E-state index contributed by atoms with van der Waals surface area (Å²) in [5.74, 6) is 1.07. The van der Waals surface area contributed by atoms with Crippen LogP contribution in [0.3, 0.4) is 0 Å². The van der Waals surface area contributed by atoms with Crippen molar-refractivity contribution in [3.8, 4) is 17.2 Å². The highest BCUT2D eigenvalue weighted by Crippen LogP contribution is 2.31. The van der Waals surface area contributed by atoms with Gasteiger partial charge in [0.1, 0.15) is 23.9 Å². The number of halogens is 1. The molecule has 1 amide bonds. The lowest BCUT2D eigenvalue weighted by atomic mass is 10.1. The summed E-state index contributed by atoms with van der Waals surface area (Å²) >= 11 is 6.03. The van der Waals surface area contributed by atoms with E-state index < -0.39 is 5.91 Å². The molecule has 1 heterocycles. The van der Waals surface area contributed by atoms with E-state index in [1.165, 1.54) is 6.08 Å². The van der Waals surface area contributed by atoms with Crippen molar-refractivity contribution in [1.82, 2.24) is 10.4 Å². The molecule has 1 saturated heterocycles. The van der Waals surface area contributed by atoms with Crippen LogP contribution in [0.5, 0.6) is 17.2 Å². The molecule has 0 radical (unpaired) electrons. The Balaban J connectivity index is 1.72. The number of hydrogen-bond donors (Lipinski definition) is 2. The largest absolute Gasteiger partial charge is 0.492 e. The van der Waals surface area contributed by atoms with Crippen LogP contribution >= 0.6 is 11.6 Å². The zero-order valence-corrected chi connectivity index (χ0v) is 16.6. The number of carbonyl (C=O) groups excluding carboxylic acids is 1. The van der Waals surface area contributed by atoms with Crippen LogP contribution in [0.4, 0.5) is 0 Å². The van der Waals surface area contributed by atoms with Crippen LogP contribution in [-0.4, -0.2) is 55.5 Å². The summed E-state index contributed by atoms with van der Waals surface area (Å²) in [4.78, 5) is 13.6. The van der Waals surface area contributed by atoms with Gasteiger partial charge in [0.05, 0.1) is 13.2 Å². The number of carbonyl (C=O) groups is 1. The Bertz CT molecular complexity index is 853. The fourth-order valence-corrected chi connectivity index (χ4v) is 2.99. The first-order valence-corrected chi connectivity index (χ1v) is 9.64. The molecule has 0 saturated carbocycles. The summed E-state index contributed by atoms with van der Waals surface area (Å²) in [6, 6.07) is 12.4. The Morgan fingerprint density at radius 2 is 2.03 bits per heavy atom. The van der Waals surface area contributed by atoms with Crippen molar-refractivity contribution in [2.24, 2.45) is 0 Å². The monoisotopic (exact) mass is 418 g/mol. The lowest BCUT2D eigenvalue weighted by Gasteiger charge is -2.26. The minimum absolute atomic E-state index is 0.498. The molecular formula is C21H23ClN2O5. The van der Waals surface area contributed by atoms with Gasteiger partial charge in [-0.2, -0.15) is 0 Å². The van der Waals surface area contributed by atoms with Crippen molar-refractivity contribution >= 4 is 23.6 Å². The van der Waals surface area contributed by atoms with Gasteiger partial charge in [-0.1, -0.05) is 17.7 Å². The van der Waals surface area contributed by atoms with Gasteiger partial charge < -0.3 is 14.2 Å². The second-order valence-electron chi connectivity index (χ2n) is 6.37. The van der Waals surface area contributed by atoms with E-state index in [1.807, 2.05) is 0 Å². The third-order valence-corrected chi connectivity index (χ3v) is 4.55. The minimum Gasteiger partial charge on any atom is -0.492 e. The average Bonchev–Trinajstić information content (AvgIpc) is 2.74. The number of ether oxygens (including phenoxy) is 3. The highest BCUT2D eigenvalue weighted by molar-refractivity contribution is 6.30. The molecule has 8 heteroatoms. The lowest BCUT2D eigenvalue weighted by molar-refractivity contribution is -0.124. The number of nitrogens with zero attached hydrogens (tertiary/aromatic N) is 1. The Morgan fingerprint density at radius 3 is 2.79 bits per heavy atom. The Morgan fingerprint density at radius 1 is 1.21 bits per heavy atom.